The number of nitrogens with zero attached hydrogens (tertiary/aromatic N) is 2. The fraction of sp³-hybridized carbons (Fsp3) is 0.333. The first kappa shape index (κ1) is 15.8. The summed E-state index contributed by atoms with van der Waals surface area (Å²) in [5.74, 6) is 0. The number of aryl methyl sites for hydroxylation is 1. The quantitative estimate of drug-likeness (QED) is 0.651. The van der Waals surface area contributed by atoms with Crippen LogP contribution in [0.15, 0.2) is 54.6 Å². The van der Waals surface area contributed by atoms with E-state index < -0.39 is 0 Å². The lowest BCUT2D eigenvalue weighted by Crippen LogP contribution is -2.13. The molecule has 0 aliphatic carbocycles. The molecule has 3 aromatic rings. The summed E-state index contributed by atoms with van der Waals surface area (Å²) in [4.78, 5) is 2.26. The van der Waals surface area contributed by atoms with Crippen LogP contribution in [0, 0.1) is 6.92 Å². The lowest BCUT2D eigenvalue weighted by Gasteiger charge is -2.10. The van der Waals surface area contributed by atoms with Gasteiger partial charge in [0, 0.05) is 23.1 Å². The predicted molar refractivity (Wildman–Crippen MR) is 99.1 cm³/mol. The first-order chi connectivity index (χ1) is 11.2. The molecule has 0 spiro atoms. The van der Waals surface area contributed by atoms with Gasteiger partial charge in [-0.25, -0.2) is 0 Å². The van der Waals surface area contributed by atoms with E-state index in [1.54, 1.807) is 0 Å². The molecule has 0 aliphatic heterocycles. The second-order valence-electron chi connectivity index (χ2n) is 6.56. The van der Waals surface area contributed by atoms with Crippen molar-refractivity contribution in [2.75, 3.05) is 20.6 Å². The van der Waals surface area contributed by atoms with Gasteiger partial charge in [-0.05, 0) is 57.6 Å². The normalized spacial score (nSPS) is 11.5. The Morgan fingerprint density at radius 1 is 0.913 bits per heavy atom. The highest BCUT2D eigenvalue weighted by Crippen LogP contribution is 2.27. The Balaban J connectivity index is 1.96. The molecule has 0 bridgehead atoms. The molecule has 0 N–H and O–H groups in total. The maximum absolute atomic E-state index is 2.47. The monoisotopic (exact) mass is 306 g/mol. The number of para-hydroxylation sites is 1. The van der Waals surface area contributed by atoms with Crippen LogP contribution in [0.5, 0.6) is 0 Å². The third-order valence-electron chi connectivity index (χ3n) is 4.58. The summed E-state index contributed by atoms with van der Waals surface area (Å²) in [6.45, 7) is 4.35. The molecular formula is C21H26N2. The average Bonchev–Trinajstić information content (AvgIpc) is 2.81. The molecule has 0 saturated carbocycles. The number of rotatable bonds is 6. The summed E-state index contributed by atoms with van der Waals surface area (Å²) in [7, 11) is 4.29. The highest BCUT2D eigenvalue weighted by molar-refractivity contribution is 5.85. The molecule has 0 unspecified atom stereocenters. The minimum absolute atomic E-state index is 0.945. The number of fused-ring (bicyclic) bond motifs is 1. The van der Waals surface area contributed by atoms with E-state index in [-0.39, 0.29) is 0 Å². The Kier molecular flexibility index (Phi) is 4.82. The molecule has 0 amide bonds. The topological polar surface area (TPSA) is 8.17 Å². The Bertz CT molecular complexity index is 769. The average molecular weight is 306 g/mol. The Labute approximate surface area is 139 Å². The molecule has 1 aromatic heterocycles. The van der Waals surface area contributed by atoms with Crippen LogP contribution in [-0.2, 0) is 13.0 Å². The van der Waals surface area contributed by atoms with Gasteiger partial charge in [0.15, 0.2) is 0 Å². The number of aromatic nitrogens is 1. The smallest absolute Gasteiger partial charge is 0.0488 e. The number of hydrogen-bond donors (Lipinski definition) is 0. The van der Waals surface area contributed by atoms with Crippen molar-refractivity contribution >= 4 is 10.9 Å². The number of benzene rings is 2. The largest absolute Gasteiger partial charge is 0.340 e. The molecule has 0 aliphatic rings. The Hall–Kier alpha value is -2.06. The highest BCUT2D eigenvalue weighted by atomic mass is 15.0. The fourth-order valence-electron chi connectivity index (χ4n) is 3.36. The lowest BCUT2D eigenvalue weighted by atomic mass is 10.1. The van der Waals surface area contributed by atoms with E-state index >= 15 is 0 Å². The van der Waals surface area contributed by atoms with Gasteiger partial charge in [0.1, 0.15) is 0 Å². The van der Waals surface area contributed by atoms with Gasteiger partial charge >= 0.3 is 0 Å². The Morgan fingerprint density at radius 3 is 2.35 bits per heavy atom. The van der Waals surface area contributed by atoms with Crippen molar-refractivity contribution in [3.8, 4) is 0 Å². The van der Waals surface area contributed by atoms with Crippen LogP contribution in [0.1, 0.15) is 23.2 Å². The van der Waals surface area contributed by atoms with Crippen LogP contribution >= 0.6 is 0 Å². The second-order valence-corrected chi connectivity index (χ2v) is 6.56. The molecule has 0 saturated heterocycles. The molecule has 23 heavy (non-hydrogen) atoms. The van der Waals surface area contributed by atoms with Gasteiger partial charge in [0.2, 0.25) is 0 Å². The number of hydrogen-bond acceptors (Lipinski definition) is 1. The van der Waals surface area contributed by atoms with Crippen LogP contribution in [0.2, 0.25) is 0 Å². The van der Waals surface area contributed by atoms with E-state index in [9.17, 15) is 0 Å². The summed E-state index contributed by atoms with van der Waals surface area (Å²) < 4.78 is 2.47. The zero-order valence-electron chi connectivity index (χ0n) is 14.4. The molecule has 2 aromatic carbocycles. The Morgan fingerprint density at radius 2 is 1.61 bits per heavy atom. The van der Waals surface area contributed by atoms with Gasteiger partial charge in [0.05, 0.1) is 0 Å². The van der Waals surface area contributed by atoms with Gasteiger partial charge < -0.3 is 9.47 Å². The zero-order chi connectivity index (χ0) is 16.2. The van der Waals surface area contributed by atoms with E-state index in [1.807, 2.05) is 0 Å². The van der Waals surface area contributed by atoms with Crippen LogP contribution < -0.4 is 0 Å². The lowest BCUT2D eigenvalue weighted by molar-refractivity contribution is 0.400. The zero-order valence-corrected chi connectivity index (χ0v) is 14.4. The van der Waals surface area contributed by atoms with E-state index in [0.29, 0.717) is 0 Å². The molecule has 120 valence electrons. The summed E-state index contributed by atoms with van der Waals surface area (Å²) >= 11 is 0. The molecule has 2 nitrogen and oxygen atoms in total. The van der Waals surface area contributed by atoms with Gasteiger partial charge in [-0.2, -0.15) is 0 Å². The maximum atomic E-state index is 2.47. The summed E-state index contributed by atoms with van der Waals surface area (Å²) in [5, 5.41) is 1.42. The summed E-state index contributed by atoms with van der Waals surface area (Å²) in [6.07, 6.45) is 2.35. The van der Waals surface area contributed by atoms with E-state index in [4.69, 9.17) is 0 Å². The third-order valence-corrected chi connectivity index (χ3v) is 4.58. The van der Waals surface area contributed by atoms with Crippen LogP contribution in [0.4, 0.5) is 0 Å². The van der Waals surface area contributed by atoms with Crippen LogP contribution in [0.25, 0.3) is 10.9 Å². The van der Waals surface area contributed by atoms with E-state index in [2.05, 4.69) is 85.1 Å². The van der Waals surface area contributed by atoms with E-state index in [0.717, 1.165) is 19.5 Å². The minimum Gasteiger partial charge on any atom is -0.340 e. The first-order valence-electron chi connectivity index (χ1n) is 8.42. The third kappa shape index (κ3) is 3.48. The van der Waals surface area contributed by atoms with Gasteiger partial charge in [-0.15, -0.1) is 0 Å². The molecule has 0 fully saturated rings. The maximum Gasteiger partial charge on any atom is 0.0488 e. The van der Waals surface area contributed by atoms with Crippen molar-refractivity contribution in [2.45, 2.75) is 26.3 Å². The molecule has 0 radical (unpaired) electrons. The van der Waals surface area contributed by atoms with Gasteiger partial charge in [0.25, 0.3) is 0 Å². The fourth-order valence-corrected chi connectivity index (χ4v) is 3.36. The molecular weight excluding hydrogens is 280 g/mol. The van der Waals surface area contributed by atoms with Crippen molar-refractivity contribution in [2.24, 2.45) is 0 Å². The minimum atomic E-state index is 0.945. The SMILES string of the molecule is Cc1c(CCCN(C)C)c2ccccc2n1Cc1ccccc1. The molecule has 0 atom stereocenters. The van der Waals surface area contributed by atoms with Crippen molar-refractivity contribution in [1.82, 2.24) is 9.47 Å². The van der Waals surface area contributed by atoms with Gasteiger partial charge in [-0.3, -0.25) is 0 Å². The van der Waals surface area contributed by atoms with Crippen LogP contribution in [-0.4, -0.2) is 30.1 Å². The van der Waals surface area contributed by atoms with Crippen molar-refractivity contribution in [1.29, 1.82) is 0 Å². The standard InChI is InChI=1S/C21H26N2/c1-17-19(13-9-15-22(2)3)20-12-7-8-14-21(20)23(17)16-18-10-5-4-6-11-18/h4-8,10-12,14H,9,13,15-16H2,1-3H3. The summed E-state index contributed by atoms with van der Waals surface area (Å²) in [5.41, 5.74) is 5.64. The summed E-state index contributed by atoms with van der Waals surface area (Å²) in [6, 6.07) is 19.6. The van der Waals surface area contributed by atoms with Crippen molar-refractivity contribution in [3.05, 3.63) is 71.4 Å². The van der Waals surface area contributed by atoms with Crippen molar-refractivity contribution < 1.29 is 0 Å². The first-order valence-corrected chi connectivity index (χ1v) is 8.42. The molecule has 3 rings (SSSR count). The predicted octanol–water partition coefficient (Wildman–Crippen LogP) is 4.49. The van der Waals surface area contributed by atoms with E-state index in [1.165, 1.54) is 34.1 Å². The highest BCUT2D eigenvalue weighted by Gasteiger charge is 2.13. The van der Waals surface area contributed by atoms with Crippen LogP contribution in [0.3, 0.4) is 0 Å². The van der Waals surface area contributed by atoms with Crippen molar-refractivity contribution in [3.63, 3.8) is 0 Å². The second kappa shape index (κ2) is 7.01. The molecule has 2 heteroatoms. The molecule has 1 heterocycles. The van der Waals surface area contributed by atoms with Gasteiger partial charge in [-0.1, -0.05) is 48.5 Å².